The zero-order chi connectivity index (χ0) is 24.7. The number of amides is 1. The van der Waals surface area contributed by atoms with Crippen LogP contribution in [-0.2, 0) is 20.9 Å². The monoisotopic (exact) mass is 464 g/mol. The van der Waals surface area contributed by atoms with Crippen LogP contribution < -0.4 is 9.47 Å². The zero-order valence-corrected chi connectivity index (χ0v) is 19.9. The van der Waals surface area contributed by atoms with Crippen molar-refractivity contribution < 1.29 is 28.3 Å². The quantitative estimate of drug-likeness (QED) is 0.345. The largest absolute Gasteiger partial charge is 0.493 e. The maximum Gasteiger partial charge on any atom is 0.331 e. The van der Waals surface area contributed by atoms with E-state index in [1.54, 1.807) is 62.6 Å². The van der Waals surface area contributed by atoms with Gasteiger partial charge >= 0.3 is 5.97 Å². The third kappa shape index (κ3) is 6.04. The summed E-state index contributed by atoms with van der Waals surface area (Å²) in [6.07, 6.45) is 1.84. The number of rotatable bonds is 9. The van der Waals surface area contributed by atoms with E-state index < -0.39 is 12.1 Å². The van der Waals surface area contributed by atoms with Crippen LogP contribution in [0.1, 0.15) is 34.2 Å². The Morgan fingerprint density at radius 1 is 1.09 bits per heavy atom. The molecule has 1 aromatic heterocycles. The molecule has 2 aromatic carbocycles. The fourth-order valence-corrected chi connectivity index (χ4v) is 3.21. The van der Waals surface area contributed by atoms with Crippen molar-refractivity contribution in [2.24, 2.45) is 0 Å². The molecule has 178 valence electrons. The van der Waals surface area contributed by atoms with E-state index in [1.807, 2.05) is 19.9 Å². The number of hydrogen-bond donors (Lipinski definition) is 0. The minimum absolute atomic E-state index is 0.291. The molecule has 0 fully saturated rings. The summed E-state index contributed by atoms with van der Waals surface area (Å²) in [4.78, 5) is 26.4. The summed E-state index contributed by atoms with van der Waals surface area (Å²) in [5, 5.41) is 3.92. The molecule has 0 aliphatic heterocycles. The summed E-state index contributed by atoms with van der Waals surface area (Å²) in [7, 11) is 4.77. The Labute approximate surface area is 198 Å². The predicted molar refractivity (Wildman–Crippen MR) is 126 cm³/mol. The Morgan fingerprint density at radius 2 is 1.82 bits per heavy atom. The lowest BCUT2D eigenvalue weighted by molar-refractivity contribution is -0.155. The van der Waals surface area contributed by atoms with Crippen molar-refractivity contribution >= 4 is 18.0 Å². The first-order chi connectivity index (χ1) is 16.3. The second-order valence-electron chi connectivity index (χ2n) is 7.80. The van der Waals surface area contributed by atoms with Crippen molar-refractivity contribution in [2.45, 2.75) is 26.6 Å². The zero-order valence-electron chi connectivity index (χ0n) is 19.9. The molecule has 0 bridgehead atoms. The second kappa shape index (κ2) is 11.2. The summed E-state index contributed by atoms with van der Waals surface area (Å²) in [6, 6.07) is 14.2. The molecule has 0 saturated carbocycles. The van der Waals surface area contributed by atoms with E-state index in [9.17, 15) is 9.59 Å². The number of carbonyl (C=O) groups excluding carboxylic acids is 2. The van der Waals surface area contributed by atoms with Gasteiger partial charge in [-0.1, -0.05) is 41.6 Å². The first-order valence-electron chi connectivity index (χ1n) is 10.7. The molecule has 0 spiro atoms. The lowest BCUT2D eigenvalue weighted by atomic mass is 10.1. The van der Waals surface area contributed by atoms with E-state index in [0.717, 1.165) is 11.3 Å². The van der Waals surface area contributed by atoms with Gasteiger partial charge in [0, 0.05) is 25.7 Å². The average molecular weight is 465 g/mol. The topological polar surface area (TPSA) is 91.1 Å². The molecule has 0 radical (unpaired) electrons. The van der Waals surface area contributed by atoms with Gasteiger partial charge < -0.3 is 23.6 Å². The molecule has 3 rings (SSSR count). The molecule has 1 heterocycles. The van der Waals surface area contributed by atoms with Crippen LogP contribution in [0.5, 0.6) is 11.5 Å². The number of aryl methyl sites for hydroxylation is 2. The highest BCUT2D eigenvalue weighted by molar-refractivity contribution is 5.91. The van der Waals surface area contributed by atoms with Gasteiger partial charge in [0.25, 0.3) is 5.91 Å². The van der Waals surface area contributed by atoms with Gasteiger partial charge in [0.05, 0.1) is 18.4 Å². The SMILES string of the molecule is COc1cc(/C=C/C(=O)OC(C(=O)N(C)C)c2ccccc2)ccc1OCc1c(C)noc1C. The van der Waals surface area contributed by atoms with E-state index >= 15 is 0 Å². The smallest absolute Gasteiger partial charge is 0.331 e. The highest BCUT2D eigenvalue weighted by Gasteiger charge is 2.25. The van der Waals surface area contributed by atoms with E-state index in [2.05, 4.69) is 5.16 Å². The lowest BCUT2D eigenvalue weighted by Gasteiger charge is -2.20. The summed E-state index contributed by atoms with van der Waals surface area (Å²) >= 11 is 0. The molecule has 0 saturated heterocycles. The van der Waals surface area contributed by atoms with Gasteiger partial charge in [-0.15, -0.1) is 0 Å². The van der Waals surface area contributed by atoms with Crippen LogP contribution in [0.2, 0.25) is 0 Å². The van der Waals surface area contributed by atoms with Crippen molar-refractivity contribution in [2.75, 3.05) is 21.2 Å². The molecule has 0 aliphatic rings. The van der Waals surface area contributed by atoms with E-state index in [1.165, 1.54) is 18.1 Å². The number of hydrogen-bond acceptors (Lipinski definition) is 7. The van der Waals surface area contributed by atoms with Gasteiger partial charge in [0.2, 0.25) is 6.10 Å². The number of aromatic nitrogens is 1. The Morgan fingerprint density at radius 3 is 2.44 bits per heavy atom. The number of nitrogens with zero attached hydrogens (tertiary/aromatic N) is 2. The Bertz CT molecular complexity index is 1150. The first kappa shape index (κ1) is 24.6. The molecular formula is C26H28N2O6. The van der Waals surface area contributed by atoms with Crippen LogP contribution in [0, 0.1) is 13.8 Å². The van der Waals surface area contributed by atoms with Gasteiger partial charge in [-0.25, -0.2) is 4.79 Å². The number of benzene rings is 2. The maximum absolute atomic E-state index is 12.5. The van der Waals surface area contributed by atoms with E-state index in [-0.39, 0.29) is 5.91 Å². The molecular weight excluding hydrogens is 436 g/mol. The highest BCUT2D eigenvalue weighted by atomic mass is 16.5. The van der Waals surface area contributed by atoms with Gasteiger partial charge in [0.15, 0.2) is 11.5 Å². The minimum atomic E-state index is -1.03. The van der Waals surface area contributed by atoms with Crippen LogP contribution in [0.3, 0.4) is 0 Å². The minimum Gasteiger partial charge on any atom is -0.493 e. The Kier molecular flexibility index (Phi) is 8.08. The van der Waals surface area contributed by atoms with Crippen molar-refractivity contribution in [3.63, 3.8) is 0 Å². The second-order valence-corrected chi connectivity index (χ2v) is 7.80. The molecule has 8 nitrogen and oxygen atoms in total. The van der Waals surface area contributed by atoms with E-state index in [4.69, 9.17) is 18.7 Å². The predicted octanol–water partition coefficient (Wildman–Crippen LogP) is 4.26. The number of ether oxygens (including phenoxy) is 3. The first-order valence-corrected chi connectivity index (χ1v) is 10.7. The van der Waals surface area contributed by atoms with Crippen LogP contribution >= 0.6 is 0 Å². The molecule has 0 aliphatic carbocycles. The molecule has 1 amide bonds. The number of esters is 1. The van der Waals surface area contributed by atoms with Gasteiger partial charge in [-0.2, -0.15) is 0 Å². The fraction of sp³-hybridized carbons (Fsp3) is 0.269. The Hall–Kier alpha value is -4.07. The van der Waals surface area contributed by atoms with Crippen LogP contribution in [-0.4, -0.2) is 43.1 Å². The van der Waals surface area contributed by atoms with Crippen molar-refractivity contribution in [3.8, 4) is 11.5 Å². The van der Waals surface area contributed by atoms with Crippen LogP contribution in [0.25, 0.3) is 6.08 Å². The molecule has 1 atom stereocenters. The standard InChI is InChI=1S/C26H28N2O6/c1-17-21(18(2)34-27-17)16-32-22-13-11-19(15-23(22)31-5)12-14-24(29)33-25(26(30)28(3)4)20-9-7-6-8-10-20/h6-15,25H,16H2,1-5H3/b14-12+. The molecule has 34 heavy (non-hydrogen) atoms. The third-order valence-corrected chi connectivity index (χ3v) is 5.15. The van der Waals surface area contributed by atoms with E-state index in [0.29, 0.717) is 35.0 Å². The molecule has 3 aromatic rings. The summed E-state index contributed by atoms with van der Waals surface area (Å²) < 4.78 is 22.0. The number of methoxy groups -OCH3 is 1. The number of carbonyl (C=O) groups is 2. The van der Waals surface area contributed by atoms with Gasteiger partial charge in [-0.3, -0.25) is 4.79 Å². The summed E-state index contributed by atoms with van der Waals surface area (Å²) in [5.74, 6) is 0.794. The van der Waals surface area contributed by atoms with Crippen LogP contribution in [0.15, 0.2) is 59.1 Å². The molecule has 0 N–H and O–H groups in total. The van der Waals surface area contributed by atoms with Crippen molar-refractivity contribution in [1.82, 2.24) is 10.1 Å². The Balaban J connectivity index is 1.70. The summed E-state index contributed by atoms with van der Waals surface area (Å²) in [5.41, 5.74) is 2.96. The van der Waals surface area contributed by atoms with Crippen LogP contribution in [0.4, 0.5) is 0 Å². The number of likely N-dealkylation sites (N-methyl/N-ethyl adjacent to an activating group) is 1. The maximum atomic E-state index is 12.5. The fourth-order valence-electron chi connectivity index (χ4n) is 3.21. The third-order valence-electron chi connectivity index (χ3n) is 5.15. The van der Waals surface area contributed by atoms with Gasteiger partial charge in [-0.05, 0) is 37.6 Å². The average Bonchev–Trinajstić information content (AvgIpc) is 3.17. The van der Waals surface area contributed by atoms with Gasteiger partial charge in [0.1, 0.15) is 12.4 Å². The highest BCUT2D eigenvalue weighted by Crippen LogP contribution is 2.30. The molecule has 1 unspecified atom stereocenters. The summed E-state index contributed by atoms with van der Waals surface area (Å²) in [6.45, 7) is 3.98. The van der Waals surface area contributed by atoms with Crippen molar-refractivity contribution in [1.29, 1.82) is 0 Å². The van der Waals surface area contributed by atoms with Crippen molar-refractivity contribution in [3.05, 3.63) is 82.8 Å². The molecule has 8 heteroatoms. The lowest BCUT2D eigenvalue weighted by Crippen LogP contribution is -2.30. The normalized spacial score (nSPS) is 11.8.